The molecule has 1 aliphatic heterocycles. The molecule has 3 rings (SSSR count). The number of likely N-dealkylation sites (N-methyl/N-ethyl adjacent to an activating group) is 1. The molecule has 0 saturated carbocycles. The van der Waals surface area contributed by atoms with Crippen molar-refractivity contribution in [2.75, 3.05) is 18.6 Å². The zero-order chi connectivity index (χ0) is 19.9. The first-order valence-corrected chi connectivity index (χ1v) is 8.25. The number of likely N-dealkylation sites (tertiary alicyclic amines) is 1. The number of hydrogen-bond donors (Lipinski definition) is 1. The summed E-state index contributed by atoms with van der Waals surface area (Å²) in [6, 6.07) is 7.51. The molecule has 1 fully saturated rings. The summed E-state index contributed by atoms with van der Waals surface area (Å²) in [5.41, 5.74) is 0.632. The monoisotopic (exact) mass is 377 g/mol. The molecule has 0 spiro atoms. The Morgan fingerprint density at radius 3 is 2.59 bits per heavy atom. The van der Waals surface area contributed by atoms with Crippen LogP contribution in [0.1, 0.15) is 17.0 Å². The summed E-state index contributed by atoms with van der Waals surface area (Å²) in [4.78, 5) is 26.8. The van der Waals surface area contributed by atoms with E-state index in [1.807, 2.05) is 0 Å². The maximum absolute atomic E-state index is 14.0. The maximum Gasteiger partial charge on any atom is 0.254 e. The van der Waals surface area contributed by atoms with Gasteiger partial charge >= 0.3 is 0 Å². The van der Waals surface area contributed by atoms with E-state index in [9.17, 15) is 22.8 Å². The van der Waals surface area contributed by atoms with Crippen molar-refractivity contribution in [2.45, 2.75) is 12.8 Å². The van der Waals surface area contributed by atoms with Gasteiger partial charge in [0.05, 0.1) is 5.69 Å². The Kier molecular flexibility index (Phi) is 4.93. The summed E-state index contributed by atoms with van der Waals surface area (Å²) < 4.78 is 41.3. The smallest absolute Gasteiger partial charge is 0.254 e. The second-order valence-corrected chi connectivity index (χ2v) is 6.65. The van der Waals surface area contributed by atoms with Crippen LogP contribution in [0, 0.1) is 30.3 Å². The highest BCUT2D eigenvalue weighted by molar-refractivity contribution is 6.09. The summed E-state index contributed by atoms with van der Waals surface area (Å²) in [5, 5.41) is 0.444. The lowest BCUT2D eigenvalue weighted by molar-refractivity contribution is -0.136. The van der Waals surface area contributed by atoms with E-state index < -0.39 is 46.8 Å². The normalized spacial score (nSPS) is 19.5. The van der Waals surface area contributed by atoms with Crippen LogP contribution in [0.5, 0.6) is 0 Å². The second-order valence-electron chi connectivity index (χ2n) is 6.65. The van der Waals surface area contributed by atoms with Gasteiger partial charge in [-0.2, -0.15) is 0 Å². The molecule has 2 aromatic carbocycles. The van der Waals surface area contributed by atoms with Crippen molar-refractivity contribution in [2.24, 2.45) is 11.8 Å². The maximum atomic E-state index is 14.0. The average Bonchev–Trinajstić information content (AvgIpc) is 2.90. The molecule has 2 unspecified atom stereocenters. The van der Waals surface area contributed by atoms with Crippen LogP contribution >= 0.6 is 0 Å². The number of carbonyl (C=O) groups excluding carboxylic acids is 2. The molecule has 1 heterocycles. The van der Waals surface area contributed by atoms with Crippen LogP contribution < -0.4 is 10.9 Å². The summed E-state index contributed by atoms with van der Waals surface area (Å²) in [7, 11) is 1.51. The Bertz CT molecular complexity index is 899. The number of amides is 2. The van der Waals surface area contributed by atoms with Crippen LogP contribution in [0.25, 0.3) is 0 Å². The number of hydrazine groups is 1. The number of rotatable bonds is 3. The van der Waals surface area contributed by atoms with E-state index in [4.69, 9.17) is 5.84 Å². The van der Waals surface area contributed by atoms with E-state index in [1.54, 1.807) is 13.0 Å². The lowest BCUT2D eigenvalue weighted by atomic mass is 9.87. The first-order valence-electron chi connectivity index (χ1n) is 8.25. The first kappa shape index (κ1) is 18.9. The fourth-order valence-corrected chi connectivity index (χ4v) is 3.40. The Balaban J connectivity index is 1.99. The topological polar surface area (TPSA) is 66.6 Å². The van der Waals surface area contributed by atoms with Crippen LogP contribution in [0.4, 0.5) is 18.9 Å². The van der Waals surface area contributed by atoms with E-state index in [1.165, 1.54) is 30.1 Å². The van der Waals surface area contributed by atoms with E-state index in [2.05, 4.69) is 0 Å². The first-order chi connectivity index (χ1) is 12.7. The van der Waals surface area contributed by atoms with Gasteiger partial charge in [-0.05, 0) is 42.3 Å². The van der Waals surface area contributed by atoms with Crippen molar-refractivity contribution >= 4 is 17.5 Å². The molecule has 2 atom stereocenters. The van der Waals surface area contributed by atoms with E-state index in [0.29, 0.717) is 16.1 Å². The highest BCUT2D eigenvalue weighted by atomic mass is 19.2. The lowest BCUT2D eigenvalue weighted by Gasteiger charge is -2.23. The van der Waals surface area contributed by atoms with Gasteiger partial charge in [0, 0.05) is 19.5 Å². The van der Waals surface area contributed by atoms with Crippen molar-refractivity contribution < 1.29 is 22.8 Å². The molecule has 5 nitrogen and oxygen atoms in total. The standard InChI is InChI=1S/C19H18F3N3O2/c1-10-6-11(8-12(20)7-10)13-9-24(2)18(26)16(13)19(27)25(23)15-5-3-4-14(21)17(15)22/h3-8,13,16H,9,23H2,1-2H3. The Labute approximate surface area is 154 Å². The van der Waals surface area contributed by atoms with Crippen molar-refractivity contribution in [3.8, 4) is 0 Å². The zero-order valence-electron chi connectivity index (χ0n) is 14.7. The van der Waals surface area contributed by atoms with Gasteiger partial charge in [-0.3, -0.25) is 9.59 Å². The minimum absolute atomic E-state index is 0.178. The molecule has 0 radical (unpaired) electrons. The van der Waals surface area contributed by atoms with Crippen molar-refractivity contribution in [1.29, 1.82) is 0 Å². The van der Waals surface area contributed by atoms with Gasteiger partial charge in [0.25, 0.3) is 5.91 Å². The predicted octanol–water partition coefficient (Wildman–Crippen LogP) is 2.49. The molecule has 1 aliphatic rings. The molecular formula is C19H18F3N3O2. The minimum Gasteiger partial charge on any atom is -0.344 e. The molecule has 1 saturated heterocycles. The fourth-order valence-electron chi connectivity index (χ4n) is 3.40. The molecule has 2 N–H and O–H groups in total. The highest BCUT2D eigenvalue weighted by Crippen LogP contribution is 2.36. The molecule has 2 aromatic rings. The van der Waals surface area contributed by atoms with Gasteiger partial charge in [0.15, 0.2) is 11.6 Å². The summed E-state index contributed by atoms with van der Waals surface area (Å²) in [5.74, 6) is -0.533. The van der Waals surface area contributed by atoms with Crippen LogP contribution in [0.15, 0.2) is 36.4 Å². The molecule has 142 valence electrons. The number of nitrogens with two attached hydrogens (primary N) is 1. The fraction of sp³-hybridized carbons (Fsp3) is 0.263. The number of benzene rings is 2. The molecule has 8 heteroatoms. The van der Waals surface area contributed by atoms with E-state index >= 15 is 0 Å². The quantitative estimate of drug-likeness (QED) is 0.387. The second kappa shape index (κ2) is 7.03. The van der Waals surface area contributed by atoms with Crippen LogP contribution in [-0.2, 0) is 9.59 Å². The summed E-state index contributed by atoms with van der Waals surface area (Å²) in [6.07, 6.45) is 0. The number of anilines is 1. The zero-order valence-corrected chi connectivity index (χ0v) is 14.7. The Morgan fingerprint density at radius 2 is 1.93 bits per heavy atom. The van der Waals surface area contributed by atoms with Crippen molar-refractivity contribution in [3.05, 3.63) is 65.0 Å². The molecular weight excluding hydrogens is 359 g/mol. The van der Waals surface area contributed by atoms with Gasteiger partial charge in [0.1, 0.15) is 11.7 Å². The Hall–Kier alpha value is -2.87. The van der Waals surface area contributed by atoms with Crippen LogP contribution in [-0.4, -0.2) is 30.3 Å². The number of halogens is 3. The number of hydrogen-bond acceptors (Lipinski definition) is 3. The van der Waals surface area contributed by atoms with Gasteiger partial charge in [-0.15, -0.1) is 0 Å². The summed E-state index contributed by atoms with van der Waals surface area (Å²) >= 11 is 0. The lowest BCUT2D eigenvalue weighted by Crippen LogP contribution is -2.45. The molecule has 0 bridgehead atoms. The predicted molar refractivity (Wildman–Crippen MR) is 93.0 cm³/mol. The van der Waals surface area contributed by atoms with Crippen LogP contribution in [0.2, 0.25) is 0 Å². The highest BCUT2D eigenvalue weighted by Gasteiger charge is 2.46. The molecule has 0 aromatic heterocycles. The third-order valence-electron chi connectivity index (χ3n) is 4.70. The molecule has 2 amide bonds. The van der Waals surface area contributed by atoms with Gasteiger partial charge in [0.2, 0.25) is 5.91 Å². The summed E-state index contributed by atoms with van der Waals surface area (Å²) in [6.45, 7) is 1.87. The molecule has 0 aliphatic carbocycles. The third-order valence-corrected chi connectivity index (χ3v) is 4.70. The number of aryl methyl sites for hydroxylation is 1. The van der Waals surface area contributed by atoms with Gasteiger partial charge in [-0.1, -0.05) is 12.1 Å². The molecule has 27 heavy (non-hydrogen) atoms. The third kappa shape index (κ3) is 3.40. The van der Waals surface area contributed by atoms with Crippen LogP contribution in [0.3, 0.4) is 0 Å². The Morgan fingerprint density at radius 1 is 1.22 bits per heavy atom. The minimum atomic E-state index is -1.29. The van der Waals surface area contributed by atoms with Crippen molar-refractivity contribution in [1.82, 2.24) is 4.90 Å². The van der Waals surface area contributed by atoms with E-state index in [-0.39, 0.29) is 6.54 Å². The SMILES string of the molecule is Cc1cc(F)cc(C2CN(C)C(=O)C2C(=O)N(N)c2cccc(F)c2F)c1. The number of nitrogens with zero attached hydrogens (tertiary/aromatic N) is 2. The van der Waals surface area contributed by atoms with Crippen molar-refractivity contribution in [3.63, 3.8) is 0 Å². The van der Waals surface area contributed by atoms with E-state index in [0.717, 1.165) is 12.1 Å². The largest absolute Gasteiger partial charge is 0.344 e. The van der Waals surface area contributed by atoms with Gasteiger partial charge < -0.3 is 4.90 Å². The average molecular weight is 377 g/mol. The number of carbonyl (C=O) groups is 2. The van der Waals surface area contributed by atoms with Gasteiger partial charge in [-0.25, -0.2) is 24.0 Å².